The molecule has 0 heteroatoms. The van der Waals surface area contributed by atoms with Crippen molar-refractivity contribution in [3.05, 3.63) is 145 Å². The summed E-state index contributed by atoms with van der Waals surface area (Å²) in [5, 5.41) is -6.29. The first kappa shape index (κ1) is 8.28. The van der Waals surface area contributed by atoms with Crippen LogP contribution in [0.4, 0.5) is 0 Å². The van der Waals surface area contributed by atoms with E-state index < -0.39 is 221 Å². The van der Waals surface area contributed by atoms with E-state index in [1.165, 1.54) is 0 Å². The summed E-state index contributed by atoms with van der Waals surface area (Å²) in [7, 11) is 0. The highest BCUT2D eigenvalue weighted by atomic mass is 14.2. The molecule has 0 saturated heterocycles. The van der Waals surface area contributed by atoms with E-state index in [0.29, 0.717) is 0 Å². The molecule has 0 aliphatic carbocycles. The van der Waals surface area contributed by atoms with Gasteiger partial charge in [-0.05, 0) is 76.1 Å². The standard InChI is InChI=1S/C38H24/c1-3-15-28-25(11-1)13-9-21-30(28)37-31-17-5-7-19-33(31)38(34-20-8-6-18-32(34)37)35-22-10-14-27-24-23-26-12-2-4-16-29(26)36(27)35/h1-24H/i1D,2D,3D,4D,5D,6D,7D,8D,9D,10D,11D,12D,13D,14D,15D,16D,17D,18D,19D,20D,21D,22D,23D,24D. The third-order valence-electron chi connectivity index (χ3n) is 6.31. The van der Waals surface area contributed by atoms with Crippen LogP contribution in [0.1, 0.15) is 32.9 Å². The van der Waals surface area contributed by atoms with Gasteiger partial charge in [0.2, 0.25) is 0 Å². The van der Waals surface area contributed by atoms with E-state index in [0.717, 1.165) is 0 Å². The highest BCUT2D eigenvalue weighted by molar-refractivity contribution is 6.27. The van der Waals surface area contributed by atoms with Gasteiger partial charge in [0.05, 0.1) is 32.9 Å². The summed E-state index contributed by atoms with van der Waals surface area (Å²) in [6, 6.07) is -21.5. The second-order valence-corrected chi connectivity index (χ2v) is 8.25. The fourth-order valence-electron chi connectivity index (χ4n) is 4.78. The van der Waals surface area contributed by atoms with Gasteiger partial charge in [-0.1, -0.05) is 145 Å². The van der Waals surface area contributed by atoms with Crippen molar-refractivity contribution in [3.63, 3.8) is 0 Å². The van der Waals surface area contributed by atoms with Crippen molar-refractivity contribution < 1.29 is 32.9 Å². The summed E-state index contributed by atoms with van der Waals surface area (Å²) >= 11 is 0. The van der Waals surface area contributed by atoms with Crippen molar-refractivity contribution in [1.29, 1.82) is 0 Å². The first-order valence-electron chi connectivity index (χ1n) is 23.2. The van der Waals surface area contributed by atoms with E-state index in [9.17, 15) is 8.22 Å². The second kappa shape index (κ2) is 8.30. The van der Waals surface area contributed by atoms with Gasteiger partial charge < -0.3 is 0 Å². The molecule has 0 fully saturated rings. The van der Waals surface area contributed by atoms with E-state index in [2.05, 4.69) is 0 Å². The van der Waals surface area contributed by atoms with Crippen LogP contribution in [-0.4, -0.2) is 0 Å². The molecule has 8 rings (SSSR count). The van der Waals surface area contributed by atoms with Crippen LogP contribution in [-0.2, 0) is 0 Å². The van der Waals surface area contributed by atoms with Crippen LogP contribution in [0, 0.1) is 0 Å². The van der Waals surface area contributed by atoms with Gasteiger partial charge in [-0.3, -0.25) is 0 Å². The summed E-state index contributed by atoms with van der Waals surface area (Å²) in [6.07, 6.45) is 0. The highest BCUT2D eigenvalue weighted by Gasteiger charge is 2.19. The molecule has 0 aliphatic heterocycles. The number of benzene rings is 8. The molecule has 0 unspecified atom stereocenters. The van der Waals surface area contributed by atoms with Crippen molar-refractivity contribution >= 4 is 53.9 Å². The molecule has 0 spiro atoms. The van der Waals surface area contributed by atoms with E-state index in [1.807, 2.05) is 0 Å². The van der Waals surface area contributed by atoms with Crippen molar-refractivity contribution in [2.45, 2.75) is 0 Å². The van der Waals surface area contributed by atoms with Crippen LogP contribution in [0.3, 0.4) is 0 Å². The minimum Gasteiger partial charge on any atom is -0.0616 e. The SMILES string of the molecule is [2H]c1c([2H])c([2H])c2c(-c3c4c([2H])c([2H])c([2H])c([2H])c4c(-c4c([2H])c([2H])c([2H])c5c([2H])c([2H])c6c([2H])c([2H])c([2H])c([2H])c6c45)c4c([2H])c([2H])c([2H])c([2H])c34)c([2H])c([2H])c([2H])c2c1[2H]. The fraction of sp³-hybridized carbons (Fsp3) is 0. The third-order valence-corrected chi connectivity index (χ3v) is 6.31. The van der Waals surface area contributed by atoms with Crippen LogP contribution in [0.5, 0.6) is 0 Å². The van der Waals surface area contributed by atoms with Gasteiger partial charge in [0.1, 0.15) is 0 Å². The number of fused-ring (bicyclic) bond motifs is 6. The maximum Gasteiger partial charge on any atom is 0.0629 e. The van der Waals surface area contributed by atoms with Crippen molar-refractivity contribution in [3.8, 4) is 22.3 Å². The van der Waals surface area contributed by atoms with E-state index in [-0.39, 0.29) is 0 Å². The van der Waals surface area contributed by atoms with E-state index in [4.69, 9.17) is 24.7 Å². The van der Waals surface area contributed by atoms with Gasteiger partial charge in [-0.15, -0.1) is 0 Å². The van der Waals surface area contributed by atoms with E-state index in [1.54, 1.807) is 0 Å². The lowest BCUT2D eigenvalue weighted by Gasteiger charge is -2.20. The fourth-order valence-corrected chi connectivity index (χ4v) is 4.78. The van der Waals surface area contributed by atoms with Gasteiger partial charge in [0.25, 0.3) is 0 Å². The maximum absolute atomic E-state index is 9.42. The third kappa shape index (κ3) is 3.04. The lowest BCUT2D eigenvalue weighted by Crippen LogP contribution is -1.92. The lowest BCUT2D eigenvalue weighted by atomic mass is 9.83. The summed E-state index contributed by atoms with van der Waals surface area (Å²) in [4.78, 5) is 0. The van der Waals surface area contributed by atoms with Crippen LogP contribution >= 0.6 is 0 Å². The van der Waals surface area contributed by atoms with Crippen LogP contribution in [0.15, 0.2) is 145 Å². The molecule has 0 N–H and O–H groups in total. The van der Waals surface area contributed by atoms with Gasteiger partial charge in [-0.25, -0.2) is 0 Å². The number of rotatable bonds is 2. The van der Waals surface area contributed by atoms with Crippen LogP contribution < -0.4 is 0 Å². The second-order valence-electron chi connectivity index (χ2n) is 8.25. The molecule has 0 radical (unpaired) electrons. The Kier molecular flexibility index (Phi) is 1.81. The van der Waals surface area contributed by atoms with Crippen molar-refractivity contribution in [2.24, 2.45) is 0 Å². The Labute approximate surface area is 255 Å². The Morgan fingerprint density at radius 1 is 0.289 bits per heavy atom. The van der Waals surface area contributed by atoms with Crippen LogP contribution in [0.2, 0.25) is 0 Å². The van der Waals surface area contributed by atoms with Gasteiger partial charge in [-0.2, -0.15) is 0 Å². The molecule has 0 bridgehead atoms. The van der Waals surface area contributed by atoms with E-state index >= 15 is 0 Å². The molecular weight excluding hydrogens is 456 g/mol. The summed E-state index contributed by atoms with van der Waals surface area (Å²) in [6.45, 7) is 0. The minimum absolute atomic E-state index is 0.559. The zero-order valence-electron chi connectivity index (χ0n) is 43.0. The molecule has 176 valence electrons. The molecule has 0 aliphatic rings. The first-order chi connectivity index (χ1) is 28.9. The first-order valence-corrected chi connectivity index (χ1v) is 11.2. The normalized spacial score (nSPS) is 20.5. The van der Waals surface area contributed by atoms with Gasteiger partial charge in [0, 0.05) is 0 Å². The molecule has 8 aromatic carbocycles. The molecular formula is C38H24. The molecule has 0 heterocycles. The Morgan fingerprint density at radius 3 is 1.32 bits per heavy atom. The zero-order chi connectivity index (χ0) is 45.9. The topological polar surface area (TPSA) is 0 Å². The Bertz CT molecular complexity index is 3410. The van der Waals surface area contributed by atoms with Gasteiger partial charge >= 0.3 is 0 Å². The van der Waals surface area contributed by atoms with Crippen molar-refractivity contribution in [2.75, 3.05) is 0 Å². The summed E-state index contributed by atoms with van der Waals surface area (Å²) in [5.74, 6) is 0. The predicted molar refractivity (Wildman–Crippen MR) is 165 cm³/mol. The van der Waals surface area contributed by atoms with Gasteiger partial charge in [0.15, 0.2) is 0 Å². The molecule has 0 nitrogen and oxygen atoms in total. The maximum atomic E-state index is 9.42. The molecule has 0 amide bonds. The largest absolute Gasteiger partial charge is 0.0629 e. The number of hydrogen-bond donors (Lipinski definition) is 0. The minimum atomic E-state index is -0.962. The quantitative estimate of drug-likeness (QED) is 0.162. The van der Waals surface area contributed by atoms with Crippen molar-refractivity contribution in [1.82, 2.24) is 0 Å². The Morgan fingerprint density at radius 2 is 0.684 bits per heavy atom. The molecule has 8 aromatic rings. The monoisotopic (exact) mass is 504 g/mol. The lowest BCUT2D eigenvalue weighted by molar-refractivity contribution is 1.69. The Hall–Kier alpha value is -4.94. The molecule has 38 heavy (non-hydrogen) atoms. The predicted octanol–water partition coefficient (Wildman–Crippen LogP) is 10.8. The molecule has 0 atom stereocenters. The summed E-state index contributed by atoms with van der Waals surface area (Å²) < 4.78 is 214. The smallest absolute Gasteiger partial charge is 0.0616 e. The summed E-state index contributed by atoms with van der Waals surface area (Å²) in [5.41, 5.74) is -2.71. The Balaban J connectivity index is 1.87. The number of hydrogen-bond acceptors (Lipinski definition) is 0. The molecule has 0 saturated carbocycles. The molecule has 0 aromatic heterocycles. The average molecular weight is 505 g/mol. The zero-order valence-corrected chi connectivity index (χ0v) is 19.0. The average Bonchev–Trinajstić information content (AvgIpc) is 3.24. The highest BCUT2D eigenvalue weighted by Crippen LogP contribution is 2.47. The van der Waals surface area contributed by atoms with Crippen LogP contribution in [0.25, 0.3) is 76.1 Å².